The smallest absolute Gasteiger partial charge is 0.258 e. The predicted molar refractivity (Wildman–Crippen MR) is 129 cm³/mol. The molecular weight excluding hydrogens is 402 g/mol. The van der Waals surface area contributed by atoms with Crippen molar-refractivity contribution in [3.8, 4) is 5.75 Å². The molecule has 0 fully saturated rings. The molecular formula is C26H29N3O3. The molecule has 32 heavy (non-hydrogen) atoms. The molecule has 3 aromatic carbocycles. The van der Waals surface area contributed by atoms with Crippen LogP contribution in [0.3, 0.4) is 0 Å². The first-order valence-corrected chi connectivity index (χ1v) is 10.6. The predicted octanol–water partition coefficient (Wildman–Crippen LogP) is 4.55. The molecule has 0 spiro atoms. The number of para-hydroxylation sites is 1. The van der Waals surface area contributed by atoms with Crippen LogP contribution in [0.15, 0.2) is 78.9 Å². The molecule has 0 aliphatic carbocycles. The van der Waals surface area contributed by atoms with Gasteiger partial charge >= 0.3 is 0 Å². The van der Waals surface area contributed by atoms with E-state index in [9.17, 15) is 9.59 Å². The molecule has 0 heterocycles. The van der Waals surface area contributed by atoms with Gasteiger partial charge in [0.1, 0.15) is 5.75 Å². The lowest BCUT2D eigenvalue weighted by molar-refractivity contribution is 0.0993. The number of rotatable bonds is 9. The Morgan fingerprint density at radius 1 is 0.844 bits per heavy atom. The van der Waals surface area contributed by atoms with Crippen molar-refractivity contribution in [1.82, 2.24) is 4.90 Å². The summed E-state index contributed by atoms with van der Waals surface area (Å²) in [6.07, 6.45) is 0.944. The minimum atomic E-state index is -0.276. The number of amides is 2. The molecule has 6 heteroatoms. The van der Waals surface area contributed by atoms with E-state index in [2.05, 4.69) is 10.2 Å². The molecule has 0 aromatic heterocycles. The topological polar surface area (TPSA) is 61.9 Å². The number of benzene rings is 3. The zero-order valence-electron chi connectivity index (χ0n) is 18.7. The number of nitrogens with one attached hydrogen (secondary N) is 1. The van der Waals surface area contributed by atoms with Gasteiger partial charge in [-0.3, -0.25) is 9.59 Å². The van der Waals surface area contributed by atoms with Gasteiger partial charge in [0.05, 0.1) is 6.61 Å². The van der Waals surface area contributed by atoms with Gasteiger partial charge in [0.15, 0.2) is 0 Å². The van der Waals surface area contributed by atoms with Gasteiger partial charge in [-0.1, -0.05) is 24.3 Å². The van der Waals surface area contributed by atoms with Crippen molar-refractivity contribution in [3.63, 3.8) is 0 Å². The molecule has 0 atom stereocenters. The summed E-state index contributed by atoms with van der Waals surface area (Å²) in [7, 11) is 5.78. The highest BCUT2D eigenvalue weighted by Crippen LogP contribution is 2.19. The van der Waals surface area contributed by atoms with Crippen LogP contribution in [0, 0.1) is 0 Å². The quantitative estimate of drug-likeness (QED) is 0.505. The number of carbonyl (C=O) groups excluding carboxylic acids is 2. The number of hydrogen-bond donors (Lipinski definition) is 1. The second-order valence-electron chi connectivity index (χ2n) is 7.76. The molecule has 1 N–H and O–H groups in total. The highest BCUT2D eigenvalue weighted by molar-refractivity contribution is 6.09. The van der Waals surface area contributed by atoms with Crippen molar-refractivity contribution in [3.05, 3.63) is 90.0 Å². The molecule has 6 nitrogen and oxygen atoms in total. The average molecular weight is 432 g/mol. The maximum atomic E-state index is 12.8. The summed E-state index contributed by atoms with van der Waals surface area (Å²) in [5, 5.41) is 2.87. The van der Waals surface area contributed by atoms with E-state index in [0.29, 0.717) is 23.4 Å². The van der Waals surface area contributed by atoms with E-state index in [4.69, 9.17) is 4.74 Å². The van der Waals surface area contributed by atoms with E-state index in [-0.39, 0.29) is 11.8 Å². The standard InChI is InChI=1S/C26H29N3O3/c1-28(2)17-8-18-32-24-15-13-22(14-16-24)27-25(30)20-9-7-10-21(19-20)26(31)29(3)23-11-5-4-6-12-23/h4-7,9-16,19H,8,17-18H2,1-3H3,(H,27,30). The van der Waals surface area contributed by atoms with E-state index >= 15 is 0 Å². The molecule has 0 saturated heterocycles. The Balaban J connectivity index is 1.60. The number of carbonyl (C=O) groups is 2. The minimum Gasteiger partial charge on any atom is -0.494 e. The number of hydrogen-bond acceptors (Lipinski definition) is 4. The van der Waals surface area contributed by atoms with Crippen molar-refractivity contribution in [2.24, 2.45) is 0 Å². The van der Waals surface area contributed by atoms with E-state index in [1.165, 1.54) is 0 Å². The number of anilines is 2. The first kappa shape index (κ1) is 23.0. The maximum Gasteiger partial charge on any atom is 0.258 e. The Morgan fingerprint density at radius 3 is 2.22 bits per heavy atom. The highest BCUT2D eigenvalue weighted by atomic mass is 16.5. The Labute approximate surface area is 189 Å². The first-order chi connectivity index (χ1) is 15.4. The Hall–Kier alpha value is -3.64. The van der Waals surface area contributed by atoms with Crippen LogP contribution in [0.4, 0.5) is 11.4 Å². The average Bonchev–Trinajstić information content (AvgIpc) is 2.82. The lowest BCUT2D eigenvalue weighted by atomic mass is 10.1. The normalized spacial score (nSPS) is 10.6. The Kier molecular flexibility index (Phi) is 8.00. The summed E-state index contributed by atoms with van der Waals surface area (Å²) in [4.78, 5) is 29.2. The van der Waals surface area contributed by atoms with E-state index in [1.54, 1.807) is 48.3 Å². The Bertz CT molecular complexity index is 1030. The van der Waals surface area contributed by atoms with Gasteiger partial charge in [-0.2, -0.15) is 0 Å². The van der Waals surface area contributed by atoms with E-state index < -0.39 is 0 Å². The van der Waals surface area contributed by atoms with Gasteiger partial charge in [-0.25, -0.2) is 0 Å². The second kappa shape index (κ2) is 11.1. The third kappa shape index (κ3) is 6.43. The molecule has 0 aliphatic rings. The van der Waals surface area contributed by atoms with Crippen LogP contribution in [-0.2, 0) is 0 Å². The van der Waals surface area contributed by atoms with Gasteiger partial charge in [0.2, 0.25) is 0 Å². The highest BCUT2D eigenvalue weighted by Gasteiger charge is 2.15. The summed E-state index contributed by atoms with van der Waals surface area (Å²) in [5.41, 5.74) is 2.32. The fraction of sp³-hybridized carbons (Fsp3) is 0.231. The third-order valence-electron chi connectivity index (χ3n) is 4.95. The number of ether oxygens (including phenoxy) is 1. The molecule has 0 saturated carbocycles. The van der Waals surface area contributed by atoms with Crippen LogP contribution in [0.5, 0.6) is 5.75 Å². The zero-order valence-corrected chi connectivity index (χ0v) is 18.7. The monoisotopic (exact) mass is 431 g/mol. The van der Waals surface area contributed by atoms with Gasteiger partial charge in [-0.15, -0.1) is 0 Å². The van der Waals surface area contributed by atoms with Crippen LogP contribution < -0.4 is 15.0 Å². The van der Waals surface area contributed by atoms with Gasteiger partial charge in [-0.05, 0) is 75.1 Å². The van der Waals surface area contributed by atoms with Crippen molar-refractivity contribution in [2.45, 2.75) is 6.42 Å². The summed E-state index contributed by atoms with van der Waals surface area (Å²) in [5.74, 6) is 0.307. The van der Waals surface area contributed by atoms with E-state index in [1.807, 2.05) is 56.6 Å². The maximum absolute atomic E-state index is 12.8. The summed E-state index contributed by atoms with van der Waals surface area (Å²) < 4.78 is 5.72. The lowest BCUT2D eigenvalue weighted by Crippen LogP contribution is -2.26. The van der Waals surface area contributed by atoms with E-state index in [0.717, 1.165) is 24.4 Å². The second-order valence-corrected chi connectivity index (χ2v) is 7.76. The summed E-state index contributed by atoms with van der Waals surface area (Å²) >= 11 is 0. The zero-order chi connectivity index (χ0) is 22.9. The van der Waals surface area contributed by atoms with Crippen LogP contribution >= 0.6 is 0 Å². The first-order valence-electron chi connectivity index (χ1n) is 10.6. The molecule has 0 bridgehead atoms. The molecule has 3 aromatic rings. The van der Waals surface area contributed by atoms with Gasteiger partial charge < -0.3 is 19.9 Å². The molecule has 3 rings (SSSR count). The fourth-order valence-electron chi connectivity index (χ4n) is 3.16. The molecule has 166 valence electrons. The molecule has 0 unspecified atom stereocenters. The van der Waals surface area contributed by atoms with Crippen molar-refractivity contribution in [2.75, 3.05) is 44.5 Å². The Morgan fingerprint density at radius 2 is 1.53 bits per heavy atom. The van der Waals surface area contributed by atoms with Crippen molar-refractivity contribution in [1.29, 1.82) is 0 Å². The van der Waals surface area contributed by atoms with Crippen molar-refractivity contribution < 1.29 is 14.3 Å². The van der Waals surface area contributed by atoms with Crippen molar-refractivity contribution >= 4 is 23.2 Å². The third-order valence-corrected chi connectivity index (χ3v) is 4.95. The van der Waals surface area contributed by atoms with Gasteiger partial charge in [0, 0.05) is 36.1 Å². The van der Waals surface area contributed by atoms with Crippen LogP contribution in [0.25, 0.3) is 0 Å². The molecule has 0 radical (unpaired) electrons. The molecule has 2 amide bonds. The lowest BCUT2D eigenvalue weighted by Gasteiger charge is -2.17. The summed E-state index contributed by atoms with van der Waals surface area (Å²) in [6, 6.07) is 23.4. The van der Waals surface area contributed by atoms with Crippen LogP contribution in [-0.4, -0.2) is 51.0 Å². The SMILES string of the molecule is CN(C)CCCOc1ccc(NC(=O)c2cccc(C(=O)N(C)c3ccccc3)c2)cc1. The van der Waals surface area contributed by atoms with Crippen LogP contribution in [0.2, 0.25) is 0 Å². The summed E-state index contributed by atoms with van der Waals surface area (Å²) in [6.45, 7) is 1.61. The number of nitrogens with zero attached hydrogens (tertiary/aromatic N) is 2. The fourth-order valence-corrected chi connectivity index (χ4v) is 3.16. The van der Waals surface area contributed by atoms with Gasteiger partial charge in [0.25, 0.3) is 11.8 Å². The van der Waals surface area contributed by atoms with Crippen LogP contribution in [0.1, 0.15) is 27.1 Å². The minimum absolute atomic E-state index is 0.179. The largest absolute Gasteiger partial charge is 0.494 e. The molecule has 0 aliphatic heterocycles.